The second-order valence-electron chi connectivity index (χ2n) is 8.29. The molecule has 9 nitrogen and oxygen atoms in total. The third kappa shape index (κ3) is 3.07. The molecule has 4 heterocycles. The molecule has 150 valence electrons. The van der Waals surface area contributed by atoms with Gasteiger partial charge in [-0.05, 0) is 60.7 Å². The number of anilines is 2. The molecule has 0 aromatic heterocycles. The Labute approximate surface area is 169 Å². The van der Waals surface area contributed by atoms with Gasteiger partial charge in [0.25, 0.3) is 5.96 Å². The highest BCUT2D eigenvalue weighted by Crippen LogP contribution is 2.38. The summed E-state index contributed by atoms with van der Waals surface area (Å²) in [7, 11) is 0. The zero-order valence-corrected chi connectivity index (χ0v) is 16.6. The number of benzene rings is 1. The second-order valence-corrected chi connectivity index (χ2v) is 8.29. The van der Waals surface area contributed by atoms with Gasteiger partial charge in [0.15, 0.2) is 6.20 Å². The number of carbonyl (C=O) groups excluding carboxylic acids is 1. The topological polar surface area (TPSA) is 102 Å². The van der Waals surface area contributed by atoms with Crippen molar-refractivity contribution in [1.82, 2.24) is 10.7 Å². The quantitative estimate of drug-likeness (QED) is 0.586. The van der Waals surface area contributed by atoms with E-state index in [0.717, 1.165) is 48.7 Å². The van der Waals surface area contributed by atoms with Gasteiger partial charge in [-0.1, -0.05) is 6.07 Å². The summed E-state index contributed by atoms with van der Waals surface area (Å²) in [6.45, 7) is 5.81. The number of fused-ring (bicyclic) bond motifs is 2. The number of amides is 1. The van der Waals surface area contributed by atoms with Gasteiger partial charge < -0.3 is 16.0 Å². The van der Waals surface area contributed by atoms with Crippen molar-refractivity contribution in [2.75, 3.05) is 23.7 Å². The lowest BCUT2D eigenvalue weighted by molar-refractivity contribution is -0.842. The molecule has 0 bridgehead atoms. The van der Waals surface area contributed by atoms with Gasteiger partial charge in [0.2, 0.25) is 5.91 Å². The molecule has 1 aromatic carbocycles. The molecule has 9 heteroatoms. The van der Waals surface area contributed by atoms with E-state index in [1.807, 2.05) is 38.2 Å². The van der Waals surface area contributed by atoms with Crippen LogP contribution in [-0.4, -0.2) is 47.7 Å². The van der Waals surface area contributed by atoms with E-state index in [2.05, 4.69) is 31.4 Å². The van der Waals surface area contributed by atoms with Crippen LogP contribution in [0.3, 0.4) is 0 Å². The lowest BCUT2D eigenvalue weighted by Crippen LogP contribution is -2.60. The normalized spacial score (nSPS) is 29.0. The summed E-state index contributed by atoms with van der Waals surface area (Å²) in [5.41, 5.74) is 5.71. The van der Waals surface area contributed by atoms with Crippen LogP contribution in [0, 0.1) is 0 Å². The van der Waals surface area contributed by atoms with Crippen molar-refractivity contribution in [2.45, 2.75) is 38.1 Å². The third-order valence-electron chi connectivity index (χ3n) is 5.82. The first kappa shape index (κ1) is 18.2. The number of hydrogen-bond donors (Lipinski definition) is 4. The van der Waals surface area contributed by atoms with Crippen LogP contribution in [0.5, 0.6) is 0 Å². The second kappa shape index (κ2) is 6.58. The number of amidine groups is 1. The maximum absolute atomic E-state index is 12.2. The summed E-state index contributed by atoms with van der Waals surface area (Å²) in [5, 5.41) is 14.5. The number of aliphatic imine (C=N–C) groups is 2. The van der Waals surface area contributed by atoms with Crippen LogP contribution >= 0.6 is 0 Å². The van der Waals surface area contributed by atoms with Crippen molar-refractivity contribution in [3.05, 3.63) is 36.2 Å². The maximum Gasteiger partial charge on any atom is 0.301 e. The van der Waals surface area contributed by atoms with Crippen LogP contribution in [0.1, 0.15) is 32.3 Å². The Kier molecular flexibility index (Phi) is 4.12. The van der Waals surface area contributed by atoms with E-state index in [9.17, 15) is 4.79 Å². The van der Waals surface area contributed by atoms with Crippen molar-refractivity contribution < 1.29 is 9.50 Å². The predicted molar refractivity (Wildman–Crippen MR) is 114 cm³/mol. The molecule has 0 saturated carbocycles. The molecule has 0 aliphatic carbocycles. The summed E-state index contributed by atoms with van der Waals surface area (Å²) in [6, 6.07) is 6.15. The molecule has 4 N–H and O–H groups in total. The lowest BCUT2D eigenvalue weighted by atomic mass is 9.86. The molecule has 4 aliphatic heterocycles. The molecule has 2 atom stereocenters. The van der Waals surface area contributed by atoms with Crippen LogP contribution in [0.4, 0.5) is 11.4 Å². The van der Waals surface area contributed by atoms with Gasteiger partial charge in [-0.25, -0.2) is 0 Å². The summed E-state index contributed by atoms with van der Waals surface area (Å²) in [4.78, 5) is 21.0. The van der Waals surface area contributed by atoms with Gasteiger partial charge in [0.05, 0.1) is 17.7 Å². The Morgan fingerprint density at radius 1 is 1.31 bits per heavy atom. The molecule has 0 spiro atoms. The number of rotatable bonds is 3. The van der Waals surface area contributed by atoms with Crippen LogP contribution in [0.25, 0.3) is 0 Å². The molecule has 4 aliphatic rings. The van der Waals surface area contributed by atoms with Gasteiger partial charge in [0, 0.05) is 17.9 Å². The summed E-state index contributed by atoms with van der Waals surface area (Å²) in [5.74, 6) is 1.23. The first-order valence-electron chi connectivity index (χ1n) is 9.97. The van der Waals surface area contributed by atoms with Gasteiger partial charge in [-0.15, -0.1) is 10.4 Å². The van der Waals surface area contributed by atoms with Crippen molar-refractivity contribution in [2.24, 2.45) is 15.1 Å². The number of quaternary nitrogens is 1. The fourth-order valence-electron chi connectivity index (χ4n) is 4.11. The molecular weight excluding hydrogens is 368 g/mol. The Morgan fingerprint density at radius 3 is 3.03 bits per heavy atom. The lowest BCUT2D eigenvalue weighted by Gasteiger charge is -2.31. The van der Waals surface area contributed by atoms with Gasteiger partial charge in [-0.3, -0.25) is 9.79 Å². The molecule has 1 fully saturated rings. The molecule has 1 unspecified atom stereocenters. The smallest absolute Gasteiger partial charge is 0.301 e. The summed E-state index contributed by atoms with van der Waals surface area (Å²) < 4.78 is 0.104. The van der Waals surface area contributed by atoms with Crippen molar-refractivity contribution in [1.29, 1.82) is 0 Å². The number of nitrogens with zero attached hydrogens (tertiary/aromatic N) is 4. The minimum absolute atomic E-state index is 0.0105. The Bertz CT molecular complexity index is 986. The number of guanidine groups is 1. The average molecular weight is 393 g/mol. The Balaban J connectivity index is 1.39. The standard InChI is InChI=1S/C20H24N8O/c1-20(2)15-6-5-13(10-16(15)24-18(20)29)23-19-25-17-12-22-8-9-28(17,27-19)26-14-4-3-7-21-11-14/h5-6,8-10,12,14,21,26H,3-4,7,11H2,1-2H3,(H-,23,24,27,29)/p+1/t14-,28?/m0/s1. The first-order valence-corrected chi connectivity index (χ1v) is 9.97. The third-order valence-corrected chi connectivity index (χ3v) is 5.82. The van der Waals surface area contributed by atoms with Crippen LogP contribution < -0.4 is 21.4 Å². The van der Waals surface area contributed by atoms with Gasteiger partial charge in [-0.2, -0.15) is 0 Å². The van der Waals surface area contributed by atoms with Crippen LogP contribution in [0.15, 0.2) is 45.7 Å². The van der Waals surface area contributed by atoms with E-state index in [1.54, 1.807) is 12.4 Å². The van der Waals surface area contributed by atoms with Crippen molar-refractivity contribution in [3.63, 3.8) is 0 Å². The monoisotopic (exact) mass is 393 g/mol. The highest BCUT2D eigenvalue weighted by Gasteiger charge is 2.43. The van der Waals surface area contributed by atoms with Crippen molar-refractivity contribution >= 4 is 35.3 Å². The van der Waals surface area contributed by atoms with Gasteiger partial charge in [0.1, 0.15) is 6.21 Å². The van der Waals surface area contributed by atoms with Crippen LogP contribution in [-0.2, 0) is 10.2 Å². The van der Waals surface area contributed by atoms with Crippen LogP contribution in [0.2, 0.25) is 0 Å². The Morgan fingerprint density at radius 2 is 2.21 bits per heavy atom. The fourth-order valence-corrected chi connectivity index (χ4v) is 4.11. The van der Waals surface area contributed by atoms with E-state index in [1.165, 1.54) is 0 Å². The van der Waals surface area contributed by atoms with E-state index in [0.29, 0.717) is 12.0 Å². The molecule has 5 rings (SSSR count). The highest BCUT2D eigenvalue weighted by atomic mass is 16.2. The molecule has 29 heavy (non-hydrogen) atoms. The van der Waals surface area contributed by atoms with E-state index >= 15 is 0 Å². The molecule has 1 saturated heterocycles. The minimum atomic E-state index is -0.520. The van der Waals surface area contributed by atoms with E-state index < -0.39 is 5.41 Å². The number of piperidine rings is 1. The zero-order chi connectivity index (χ0) is 20.1. The van der Waals surface area contributed by atoms with Gasteiger partial charge >= 0.3 is 5.84 Å². The SMILES string of the molecule is CC1(C)C(=O)Nc2cc(NC3=N[N+]4(N[C@H]5CCCNC5)C=CN=CC4=N3)ccc21. The Hall–Kier alpha value is -2.88. The molecular formula is C20H25N8O+. The largest absolute Gasteiger partial charge is 0.325 e. The fraction of sp³-hybridized carbons (Fsp3) is 0.400. The first-order chi connectivity index (χ1) is 14.0. The maximum atomic E-state index is 12.2. The summed E-state index contributed by atoms with van der Waals surface area (Å²) >= 11 is 0. The number of nitrogens with one attached hydrogen (secondary N) is 4. The zero-order valence-electron chi connectivity index (χ0n) is 16.6. The molecule has 0 radical (unpaired) electrons. The average Bonchev–Trinajstić information content (AvgIpc) is 3.16. The minimum Gasteiger partial charge on any atom is -0.325 e. The molecule has 1 amide bonds. The highest BCUT2D eigenvalue weighted by molar-refractivity contribution is 6.30. The number of carbonyl (C=O) groups is 1. The van der Waals surface area contributed by atoms with E-state index in [4.69, 9.17) is 5.10 Å². The van der Waals surface area contributed by atoms with Crippen molar-refractivity contribution in [3.8, 4) is 0 Å². The summed E-state index contributed by atoms with van der Waals surface area (Å²) in [6.07, 6.45) is 7.58. The predicted octanol–water partition coefficient (Wildman–Crippen LogP) is 1.64. The number of hydrogen-bond acceptors (Lipinski definition) is 7. The van der Waals surface area contributed by atoms with E-state index in [-0.39, 0.29) is 10.6 Å². The molecule has 1 aromatic rings.